The fraction of sp³-hybridized carbons (Fsp3) is 0.263. The van der Waals surface area contributed by atoms with Crippen LogP contribution >= 0.6 is 11.6 Å². The highest BCUT2D eigenvalue weighted by molar-refractivity contribution is 6.31. The molecule has 5 heteroatoms. The molecule has 0 radical (unpaired) electrons. The van der Waals surface area contributed by atoms with Crippen molar-refractivity contribution in [2.45, 2.75) is 26.7 Å². The van der Waals surface area contributed by atoms with Crippen molar-refractivity contribution in [3.05, 3.63) is 64.2 Å². The Kier molecular flexibility index (Phi) is 5.99. The lowest BCUT2D eigenvalue weighted by Gasteiger charge is -2.17. The molecule has 4 nitrogen and oxygen atoms in total. The number of anilines is 1. The lowest BCUT2D eigenvalue weighted by molar-refractivity contribution is -0.140. The summed E-state index contributed by atoms with van der Waals surface area (Å²) >= 11 is 6.06. The Bertz CT molecular complexity index is 758. The van der Waals surface area contributed by atoms with Gasteiger partial charge in [0, 0.05) is 10.7 Å². The zero-order valence-corrected chi connectivity index (χ0v) is 14.4. The summed E-state index contributed by atoms with van der Waals surface area (Å²) in [5.74, 6) is -1.96. The van der Waals surface area contributed by atoms with E-state index < -0.39 is 11.9 Å². The molecule has 0 bridgehead atoms. The summed E-state index contributed by atoms with van der Waals surface area (Å²) in [6.07, 6.45) is 0.152. The SMILES string of the molecule is Cc1cccc(CC(CC(=O)O)C(=O)Nc2cccc(Cl)c2C)c1. The van der Waals surface area contributed by atoms with Gasteiger partial charge in [-0.25, -0.2) is 0 Å². The average molecular weight is 346 g/mol. The molecule has 2 N–H and O–H groups in total. The lowest BCUT2D eigenvalue weighted by atomic mass is 9.94. The molecular formula is C19H20ClNO3. The molecule has 1 atom stereocenters. The van der Waals surface area contributed by atoms with E-state index in [0.29, 0.717) is 17.1 Å². The number of carbonyl (C=O) groups is 2. The number of amides is 1. The minimum Gasteiger partial charge on any atom is -0.481 e. The van der Waals surface area contributed by atoms with Crippen LogP contribution in [0, 0.1) is 19.8 Å². The predicted molar refractivity (Wildman–Crippen MR) is 95.4 cm³/mol. The number of halogens is 1. The van der Waals surface area contributed by atoms with Gasteiger partial charge in [0.1, 0.15) is 0 Å². The van der Waals surface area contributed by atoms with Crippen molar-refractivity contribution in [3.63, 3.8) is 0 Å². The molecule has 0 aliphatic rings. The topological polar surface area (TPSA) is 66.4 Å². The maximum Gasteiger partial charge on any atom is 0.304 e. The molecular weight excluding hydrogens is 326 g/mol. The fourth-order valence-corrected chi connectivity index (χ4v) is 2.74. The first-order valence-corrected chi connectivity index (χ1v) is 8.08. The minimum absolute atomic E-state index is 0.223. The Hall–Kier alpha value is -2.33. The molecule has 0 heterocycles. The highest BCUT2D eigenvalue weighted by Gasteiger charge is 2.23. The Morgan fingerprint density at radius 1 is 1.17 bits per heavy atom. The summed E-state index contributed by atoms with van der Waals surface area (Å²) in [7, 11) is 0. The van der Waals surface area contributed by atoms with E-state index in [1.165, 1.54) is 0 Å². The maximum absolute atomic E-state index is 12.6. The highest BCUT2D eigenvalue weighted by atomic mass is 35.5. The zero-order valence-electron chi connectivity index (χ0n) is 13.7. The van der Waals surface area contributed by atoms with Crippen molar-refractivity contribution in [1.82, 2.24) is 0 Å². The highest BCUT2D eigenvalue weighted by Crippen LogP contribution is 2.24. The van der Waals surface area contributed by atoms with E-state index >= 15 is 0 Å². The van der Waals surface area contributed by atoms with Gasteiger partial charge in [-0.3, -0.25) is 9.59 Å². The Morgan fingerprint density at radius 3 is 2.54 bits per heavy atom. The predicted octanol–water partition coefficient (Wildman–Crippen LogP) is 4.23. The molecule has 0 spiro atoms. The van der Waals surface area contributed by atoms with Crippen LogP contribution in [0.1, 0.15) is 23.1 Å². The van der Waals surface area contributed by atoms with Crippen molar-refractivity contribution < 1.29 is 14.7 Å². The van der Waals surface area contributed by atoms with Gasteiger partial charge in [-0.15, -0.1) is 0 Å². The van der Waals surface area contributed by atoms with Crippen LogP contribution in [0.4, 0.5) is 5.69 Å². The first-order valence-electron chi connectivity index (χ1n) is 7.70. The van der Waals surface area contributed by atoms with Crippen LogP contribution in [0.15, 0.2) is 42.5 Å². The van der Waals surface area contributed by atoms with Gasteiger partial charge in [0.2, 0.25) is 5.91 Å². The molecule has 1 unspecified atom stereocenters. The molecule has 2 aromatic carbocycles. The first kappa shape index (κ1) is 18.0. The standard InChI is InChI=1S/C19H20ClNO3/c1-12-5-3-6-14(9-12)10-15(11-18(22)23)19(24)21-17-8-4-7-16(20)13(17)2/h3-9,15H,10-11H2,1-2H3,(H,21,24)(H,22,23). The van der Waals surface area contributed by atoms with E-state index in [2.05, 4.69) is 5.32 Å². The van der Waals surface area contributed by atoms with Gasteiger partial charge in [-0.05, 0) is 43.5 Å². The van der Waals surface area contributed by atoms with Gasteiger partial charge in [-0.2, -0.15) is 0 Å². The molecule has 0 aromatic heterocycles. The van der Waals surface area contributed by atoms with Gasteiger partial charge < -0.3 is 10.4 Å². The van der Waals surface area contributed by atoms with E-state index in [9.17, 15) is 9.59 Å². The van der Waals surface area contributed by atoms with Gasteiger partial charge >= 0.3 is 5.97 Å². The summed E-state index contributed by atoms with van der Waals surface area (Å²) in [6, 6.07) is 13.0. The molecule has 0 aliphatic heterocycles. The summed E-state index contributed by atoms with van der Waals surface area (Å²) in [4.78, 5) is 23.7. The number of aryl methyl sites for hydroxylation is 1. The second-order valence-electron chi connectivity index (χ2n) is 5.89. The van der Waals surface area contributed by atoms with E-state index in [1.807, 2.05) is 38.1 Å². The molecule has 0 saturated heterocycles. The largest absolute Gasteiger partial charge is 0.481 e. The number of carboxylic acid groups (broad SMARTS) is 1. The zero-order chi connectivity index (χ0) is 17.7. The van der Waals surface area contributed by atoms with Crippen LogP contribution in [0.3, 0.4) is 0 Å². The Balaban J connectivity index is 2.18. The summed E-state index contributed by atoms with van der Waals surface area (Å²) in [6.45, 7) is 3.77. The Labute approximate surface area is 146 Å². The number of aliphatic carboxylic acids is 1. The third-order valence-corrected chi connectivity index (χ3v) is 4.29. The van der Waals surface area contributed by atoms with Gasteiger partial charge in [0.05, 0.1) is 12.3 Å². The third kappa shape index (κ3) is 4.83. The van der Waals surface area contributed by atoms with Gasteiger partial charge in [-0.1, -0.05) is 47.5 Å². The number of carbonyl (C=O) groups excluding carboxylic acids is 1. The molecule has 126 valence electrons. The van der Waals surface area contributed by atoms with Crippen LogP contribution in [0.25, 0.3) is 0 Å². The summed E-state index contributed by atoms with van der Waals surface area (Å²) in [5, 5.41) is 12.5. The smallest absolute Gasteiger partial charge is 0.304 e. The van der Waals surface area contributed by atoms with Crippen LogP contribution in [-0.4, -0.2) is 17.0 Å². The summed E-state index contributed by atoms with van der Waals surface area (Å²) in [5.41, 5.74) is 3.39. The van der Waals surface area contributed by atoms with E-state index in [0.717, 1.165) is 16.7 Å². The minimum atomic E-state index is -0.995. The van der Waals surface area contributed by atoms with Crippen molar-refractivity contribution in [1.29, 1.82) is 0 Å². The van der Waals surface area contributed by atoms with Crippen LogP contribution in [0.2, 0.25) is 5.02 Å². The van der Waals surface area contributed by atoms with Crippen molar-refractivity contribution in [2.75, 3.05) is 5.32 Å². The third-order valence-electron chi connectivity index (χ3n) is 3.88. The lowest BCUT2D eigenvalue weighted by Crippen LogP contribution is -2.27. The second-order valence-corrected chi connectivity index (χ2v) is 6.30. The Morgan fingerprint density at radius 2 is 1.88 bits per heavy atom. The molecule has 0 fully saturated rings. The normalized spacial score (nSPS) is 11.8. The first-order chi connectivity index (χ1) is 11.4. The molecule has 0 saturated carbocycles. The maximum atomic E-state index is 12.6. The van der Waals surface area contributed by atoms with Crippen LogP contribution in [-0.2, 0) is 16.0 Å². The molecule has 2 aromatic rings. The van der Waals surface area contributed by atoms with Crippen molar-refractivity contribution in [3.8, 4) is 0 Å². The molecule has 24 heavy (non-hydrogen) atoms. The van der Waals surface area contributed by atoms with Crippen molar-refractivity contribution >= 4 is 29.2 Å². The number of benzene rings is 2. The number of rotatable bonds is 6. The molecule has 2 rings (SSSR count). The fourth-order valence-electron chi connectivity index (χ4n) is 2.57. The number of nitrogens with one attached hydrogen (secondary N) is 1. The monoisotopic (exact) mass is 345 g/mol. The molecule has 0 aliphatic carbocycles. The van der Waals surface area contributed by atoms with Gasteiger partial charge in [0.15, 0.2) is 0 Å². The van der Waals surface area contributed by atoms with Crippen molar-refractivity contribution in [2.24, 2.45) is 5.92 Å². The summed E-state index contributed by atoms with van der Waals surface area (Å²) < 4.78 is 0. The number of hydrogen-bond acceptors (Lipinski definition) is 2. The van der Waals surface area contributed by atoms with E-state index in [4.69, 9.17) is 16.7 Å². The second kappa shape index (κ2) is 7.97. The van der Waals surface area contributed by atoms with Crippen LogP contribution in [0.5, 0.6) is 0 Å². The van der Waals surface area contributed by atoms with Gasteiger partial charge in [0.25, 0.3) is 0 Å². The quantitative estimate of drug-likeness (QED) is 0.823. The van der Waals surface area contributed by atoms with Crippen LogP contribution < -0.4 is 5.32 Å². The molecule has 1 amide bonds. The average Bonchev–Trinajstić information content (AvgIpc) is 2.51. The van der Waals surface area contributed by atoms with E-state index in [-0.39, 0.29) is 12.3 Å². The number of carboxylic acids is 1. The van der Waals surface area contributed by atoms with E-state index in [1.54, 1.807) is 18.2 Å². The number of hydrogen-bond donors (Lipinski definition) is 2.